The van der Waals surface area contributed by atoms with Crippen molar-refractivity contribution in [3.63, 3.8) is 0 Å². The molecule has 0 unspecified atom stereocenters. The minimum atomic E-state index is 1.22. The van der Waals surface area contributed by atoms with Gasteiger partial charge in [-0.25, -0.2) is 0 Å². The molecule has 0 fully saturated rings. The predicted octanol–water partition coefficient (Wildman–Crippen LogP) is 15.9. The lowest BCUT2D eigenvalue weighted by molar-refractivity contribution is 0.556. The minimum Gasteiger partial charge on any atom is -0.143 e. The molecule has 4 heteroatoms. The first-order valence-corrected chi connectivity index (χ1v) is 21.6. The third-order valence-electron chi connectivity index (χ3n) is 9.12. The molecule has 0 aliphatic rings. The van der Waals surface area contributed by atoms with Gasteiger partial charge in [0, 0.05) is 25.8 Å². The van der Waals surface area contributed by atoms with Gasteiger partial charge in [0.05, 0.1) is 4.88 Å². The van der Waals surface area contributed by atoms with Gasteiger partial charge in [0.25, 0.3) is 0 Å². The van der Waals surface area contributed by atoms with Gasteiger partial charge in [-0.05, 0) is 82.6 Å². The number of aryl methyl sites for hydroxylation is 2. The Morgan fingerprint density at radius 1 is 0.341 bits per heavy atom. The van der Waals surface area contributed by atoms with Crippen molar-refractivity contribution >= 4 is 45.3 Å². The van der Waals surface area contributed by atoms with Crippen molar-refractivity contribution in [1.29, 1.82) is 0 Å². The van der Waals surface area contributed by atoms with Crippen LogP contribution in [0.4, 0.5) is 0 Å². The Morgan fingerprint density at radius 2 is 0.682 bits per heavy atom. The van der Waals surface area contributed by atoms with Gasteiger partial charge < -0.3 is 0 Å². The van der Waals surface area contributed by atoms with Crippen LogP contribution in [0.2, 0.25) is 0 Å². The Hall–Kier alpha value is -1.20. The fourth-order valence-electron chi connectivity index (χ4n) is 6.47. The summed E-state index contributed by atoms with van der Waals surface area (Å²) in [5.74, 6) is 0. The van der Waals surface area contributed by atoms with Gasteiger partial charge >= 0.3 is 0 Å². The molecule has 0 amide bonds. The van der Waals surface area contributed by atoms with Gasteiger partial charge in [0.2, 0.25) is 0 Å². The average molecular weight is 667 g/mol. The van der Waals surface area contributed by atoms with Crippen LogP contribution in [0.1, 0.15) is 153 Å². The number of thiophene rings is 4. The van der Waals surface area contributed by atoms with Crippen molar-refractivity contribution in [1.82, 2.24) is 0 Å². The summed E-state index contributed by atoms with van der Waals surface area (Å²) in [6, 6.07) is 9.56. The summed E-state index contributed by atoms with van der Waals surface area (Å²) in [4.78, 5) is 5.97. The molecule has 0 bridgehead atoms. The van der Waals surface area contributed by atoms with Gasteiger partial charge in [0.1, 0.15) is 0 Å². The van der Waals surface area contributed by atoms with E-state index in [1.54, 1.807) is 11.1 Å². The zero-order chi connectivity index (χ0) is 30.7. The van der Waals surface area contributed by atoms with Gasteiger partial charge in [-0.15, -0.1) is 45.3 Å². The van der Waals surface area contributed by atoms with Crippen LogP contribution in [-0.2, 0) is 12.8 Å². The molecule has 0 aromatic carbocycles. The molecule has 4 heterocycles. The van der Waals surface area contributed by atoms with E-state index in [9.17, 15) is 0 Å². The van der Waals surface area contributed by atoms with E-state index in [0.717, 1.165) is 0 Å². The lowest BCUT2D eigenvalue weighted by atomic mass is 10.0. The van der Waals surface area contributed by atoms with Crippen molar-refractivity contribution in [2.45, 2.75) is 155 Å². The Morgan fingerprint density at radius 3 is 1.18 bits per heavy atom. The quantitative estimate of drug-likeness (QED) is 0.0618. The zero-order valence-electron chi connectivity index (χ0n) is 27.8. The Kier molecular flexibility index (Phi) is 17.5. The van der Waals surface area contributed by atoms with Gasteiger partial charge in [-0.3, -0.25) is 0 Å². The lowest BCUT2D eigenvalue weighted by Crippen LogP contribution is -1.89. The summed E-state index contributed by atoms with van der Waals surface area (Å²) in [7, 11) is 0. The second-order valence-electron chi connectivity index (χ2n) is 12.7. The van der Waals surface area contributed by atoms with Crippen LogP contribution in [0.15, 0.2) is 45.8 Å². The molecule has 44 heavy (non-hydrogen) atoms. The predicted molar refractivity (Wildman–Crippen MR) is 205 cm³/mol. The second kappa shape index (κ2) is 21.6. The summed E-state index contributed by atoms with van der Waals surface area (Å²) in [5.41, 5.74) is 6.03. The van der Waals surface area contributed by atoms with Gasteiger partial charge in [-0.2, -0.15) is 0 Å². The normalized spacial score (nSPS) is 11.6. The molecular formula is C40H58S4. The van der Waals surface area contributed by atoms with E-state index >= 15 is 0 Å². The van der Waals surface area contributed by atoms with Crippen LogP contribution in [0.25, 0.3) is 30.6 Å². The number of hydrogen-bond donors (Lipinski definition) is 0. The third-order valence-corrected chi connectivity index (χ3v) is 13.1. The minimum absolute atomic E-state index is 1.22. The van der Waals surface area contributed by atoms with E-state index in [-0.39, 0.29) is 0 Å². The fourth-order valence-corrected chi connectivity index (χ4v) is 10.6. The van der Waals surface area contributed by atoms with E-state index in [0.29, 0.717) is 0 Å². The molecule has 0 radical (unpaired) electrons. The van der Waals surface area contributed by atoms with Crippen molar-refractivity contribution < 1.29 is 0 Å². The maximum atomic E-state index is 2.40. The van der Waals surface area contributed by atoms with E-state index < -0.39 is 0 Å². The summed E-state index contributed by atoms with van der Waals surface area (Å²) in [6.07, 6.45) is 30.5. The van der Waals surface area contributed by atoms with Crippen molar-refractivity contribution in [3.05, 3.63) is 56.9 Å². The van der Waals surface area contributed by atoms with Crippen LogP contribution < -0.4 is 0 Å². The Balaban J connectivity index is 1.27. The molecule has 0 N–H and O–H groups in total. The lowest BCUT2D eigenvalue weighted by Gasteiger charge is -2.09. The van der Waals surface area contributed by atoms with Crippen molar-refractivity contribution in [3.8, 4) is 30.6 Å². The summed E-state index contributed by atoms with van der Waals surface area (Å²) < 4.78 is 0. The fraction of sp³-hybridized carbons (Fsp3) is 0.600. The highest BCUT2D eigenvalue weighted by molar-refractivity contribution is 7.22. The van der Waals surface area contributed by atoms with Crippen LogP contribution in [0.3, 0.4) is 0 Å². The largest absolute Gasteiger partial charge is 0.143 e. The smallest absolute Gasteiger partial charge is 0.0532 e. The molecule has 0 spiro atoms. The van der Waals surface area contributed by atoms with Crippen LogP contribution in [0.5, 0.6) is 0 Å². The van der Waals surface area contributed by atoms with E-state index in [1.165, 1.54) is 172 Å². The first-order chi connectivity index (χ1) is 21.8. The summed E-state index contributed by atoms with van der Waals surface area (Å²) in [5, 5.41) is 9.27. The van der Waals surface area contributed by atoms with Crippen LogP contribution >= 0.6 is 45.3 Å². The molecule has 4 aromatic heterocycles. The van der Waals surface area contributed by atoms with E-state index in [4.69, 9.17) is 0 Å². The molecule has 0 aliphatic heterocycles. The SMILES string of the molecule is CCCCCCCCCCCCc1ccsc1-c1ccsc1-c1ccsc1-c1sccc1CCCCCCCCCCCC. The van der Waals surface area contributed by atoms with Gasteiger partial charge in [-0.1, -0.05) is 129 Å². The second-order valence-corrected chi connectivity index (χ2v) is 16.4. The zero-order valence-corrected chi connectivity index (χ0v) is 31.1. The maximum Gasteiger partial charge on any atom is 0.0532 e. The highest BCUT2D eigenvalue weighted by atomic mass is 32.1. The maximum absolute atomic E-state index is 2.40. The molecule has 4 aromatic rings. The van der Waals surface area contributed by atoms with E-state index in [1.807, 2.05) is 45.3 Å². The summed E-state index contributed by atoms with van der Waals surface area (Å²) in [6.45, 7) is 4.61. The summed E-state index contributed by atoms with van der Waals surface area (Å²) >= 11 is 7.76. The van der Waals surface area contributed by atoms with Crippen LogP contribution in [0, 0.1) is 0 Å². The molecular weight excluding hydrogens is 609 g/mol. The molecule has 4 rings (SSSR count). The Bertz CT molecular complexity index is 1170. The highest BCUT2D eigenvalue weighted by Crippen LogP contribution is 2.48. The standard InChI is InChI=1S/C40H58S4/c1-3-5-7-9-11-13-15-17-19-21-23-33-25-29-41-37(33)35-27-31-43-39(35)36-28-32-44-40(36)38-34(26-30-42-38)24-22-20-18-16-14-12-10-8-6-4-2/h25-32H,3-24H2,1-2H3. The third kappa shape index (κ3) is 11.6. The Labute approximate surface area is 286 Å². The molecule has 0 saturated carbocycles. The molecule has 0 atom stereocenters. The number of unbranched alkanes of at least 4 members (excludes halogenated alkanes) is 18. The topological polar surface area (TPSA) is 0 Å². The monoisotopic (exact) mass is 666 g/mol. The van der Waals surface area contributed by atoms with Crippen LogP contribution in [-0.4, -0.2) is 0 Å². The van der Waals surface area contributed by atoms with E-state index in [2.05, 4.69) is 59.6 Å². The molecule has 242 valence electrons. The highest BCUT2D eigenvalue weighted by Gasteiger charge is 2.20. The molecule has 0 nitrogen and oxygen atoms in total. The van der Waals surface area contributed by atoms with Gasteiger partial charge in [0.15, 0.2) is 0 Å². The molecule has 0 saturated heterocycles. The first kappa shape index (κ1) is 35.7. The van der Waals surface area contributed by atoms with Crippen molar-refractivity contribution in [2.24, 2.45) is 0 Å². The number of hydrogen-bond acceptors (Lipinski definition) is 4. The number of rotatable bonds is 25. The van der Waals surface area contributed by atoms with Crippen molar-refractivity contribution in [2.75, 3.05) is 0 Å². The average Bonchev–Trinajstić information content (AvgIpc) is 3.85. The first-order valence-electron chi connectivity index (χ1n) is 18.1. The molecule has 0 aliphatic carbocycles.